The summed E-state index contributed by atoms with van der Waals surface area (Å²) in [5, 5.41) is 7.41. The Morgan fingerprint density at radius 2 is 0.708 bits per heavy atom. The first-order valence-corrected chi connectivity index (χ1v) is 39.6. The zero-order valence-electron chi connectivity index (χ0n) is 63.2. The molecule has 20 aromatic rings. The first-order valence-electron chi connectivity index (χ1n) is 38.8. The van der Waals surface area contributed by atoms with Crippen molar-refractivity contribution < 1.29 is 0 Å². The van der Waals surface area contributed by atoms with Crippen LogP contribution in [0, 0.1) is 0 Å². The SMILES string of the molecule is Brc1ccc2c(c1)c1c3c(ccc1n2-c1ccccc1)ccn3-c1ccccc1.CC1(C)c2ccccc2-c2ccc(Cc3ccc(-c4ccccn4)cc3)cc21.CC1(C)c2ccccc2-c2ccc(N(c3ccc(-c4ccccn4)cc3)c3ccc4c(c3)c3c5c(ccc3n4-c3ccccc3)ccn5-c3ccccc3)cc21. The van der Waals surface area contributed by atoms with Gasteiger partial charge in [-0.2, -0.15) is 0 Å². The van der Waals surface area contributed by atoms with Gasteiger partial charge in [-0.05, 0) is 220 Å². The lowest BCUT2D eigenvalue weighted by atomic mass is 9.81. The number of hydrogen-bond donors (Lipinski definition) is 0. The molecule has 6 aromatic heterocycles. The van der Waals surface area contributed by atoms with E-state index in [1.165, 1.54) is 132 Å². The van der Waals surface area contributed by atoms with Crippen LogP contribution in [-0.4, -0.2) is 28.2 Å². The summed E-state index contributed by atoms with van der Waals surface area (Å²) in [7, 11) is 0. The Hall–Kier alpha value is -13.7. The van der Waals surface area contributed by atoms with Crippen molar-refractivity contribution in [3.63, 3.8) is 0 Å². The number of aromatic nitrogens is 6. The Labute approximate surface area is 666 Å². The molecule has 6 heterocycles. The van der Waals surface area contributed by atoms with Crippen LogP contribution in [0.25, 0.3) is 133 Å². The second-order valence-corrected chi connectivity index (χ2v) is 31.6. The Morgan fingerprint density at radius 3 is 1.22 bits per heavy atom. The zero-order chi connectivity index (χ0) is 75.9. The highest BCUT2D eigenvalue weighted by molar-refractivity contribution is 9.10. The summed E-state index contributed by atoms with van der Waals surface area (Å²) in [5.41, 5.74) is 33.0. The molecular weight excluding hydrogens is 1440 g/mol. The van der Waals surface area contributed by atoms with Gasteiger partial charge in [0.05, 0.1) is 44.5 Å². The molecule has 0 atom stereocenters. The summed E-state index contributed by atoms with van der Waals surface area (Å²) in [6, 6.07) is 131. The van der Waals surface area contributed by atoms with Crippen LogP contribution in [0.3, 0.4) is 0 Å². The Bertz CT molecular complexity index is 6980. The lowest BCUT2D eigenvalue weighted by molar-refractivity contribution is 0.659. The zero-order valence-corrected chi connectivity index (χ0v) is 64.8. The lowest BCUT2D eigenvalue weighted by Gasteiger charge is -2.28. The molecule has 0 saturated heterocycles. The third-order valence-electron chi connectivity index (χ3n) is 23.3. The Kier molecular flexibility index (Phi) is 17.0. The first-order chi connectivity index (χ1) is 55.5. The molecule has 22 rings (SSSR count). The van der Waals surface area contributed by atoms with Crippen molar-refractivity contribution >= 4 is 98.4 Å². The molecule has 0 N–H and O–H groups in total. The van der Waals surface area contributed by atoms with Gasteiger partial charge in [-0.3, -0.25) is 9.97 Å². The number of para-hydroxylation sites is 4. The monoisotopic (exact) mass is 1520 g/mol. The van der Waals surface area contributed by atoms with E-state index >= 15 is 0 Å². The van der Waals surface area contributed by atoms with Crippen LogP contribution in [0.15, 0.2) is 393 Å². The van der Waals surface area contributed by atoms with Crippen LogP contribution in [0.4, 0.5) is 17.1 Å². The number of pyridine rings is 2. The van der Waals surface area contributed by atoms with Crippen molar-refractivity contribution in [3.05, 3.63) is 427 Å². The smallest absolute Gasteiger partial charge is 0.0701 e. The molecule has 8 heteroatoms. The molecule has 0 saturated carbocycles. The highest BCUT2D eigenvalue weighted by Crippen LogP contribution is 2.53. The number of benzene rings is 14. The van der Waals surface area contributed by atoms with E-state index in [2.05, 4.69) is 429 Å². The van der Waals surface area contributed by atoms with Crippen molar-refractivity contribution in [1.29, 1.82) is 0 Å². The summed E-state index contributed by atoms with van der Waals surface area (Å²) < 4.78 is 10.5. The second kappa shape index (κ2) is 28.0. The molecule has 0 amide bonds. The normalized spacial score (nSPS) is 12.8. The number of fused-ring (bicyclic) bond motifs is 16. The first kappa shape index (κ1) is 68.6. The maximum Gasteiger partial charge on any atom is 0.0701 e. The second-order valence-electron chi connectivity index (χ2n) is 30.7. The number of halogens is 1. The molecule has 2 aliphatic carbocycles. The van der Waals surface area contributed by atoms with Crippen LogP contribution in [0.1, 0.15) is 61.1 Å². The highest BCUT2D eigenvalue weighted by atomic mass is 79.9. The van der Waals surface area contributed by atoms with E-state index in [9.17, 15) is 0 Å². The minimum absolute atomic E-state index is 0.0603. The summed E-state index contributed by atoms with van der Waals surface area (Å²) in [4.78, 5) is 11.5. The van der Waals surface area contributed by atoms with Crippen molar-refractivity contribution in [2.24, 2.45) is 0 Å². The average Bonchev–Trinajstić information content (AvgIpc) is 1.57. The summed E-state index contributed by atoms with van der Waals surface area (Å²) in [6.07, 6.45) is 9.01. The molecule has 14 aromatic carbocycles. The lowest BCUT2D eigenvalue weighted by Crippen LogP contribution is -2.16. The van der Waals surface area contributed by atoms with E-state index in [0.29, 0.717) is 0 Å². The average molecular weight is 1520 g/mol. The predicted octanol–water partition coefficient (Wildman–Crippen LogP) is 27.7. The summed E-state index contributed by atoms with van der Waals surface area (Å²) >= 11 is 3.69. The highest BCUT2D eigenvalue weighted by Gasteiger charge is 2.37. The molecule has 0 fully saturated rings. The van der Waals surface area contributed by atoms with Gasteiger partial charge < -0.3 is 23.2 Å². The molecular formula is C105H78BrN7. The quantitative estimate of drug-likeness (QED) is 0.130. The van der Waals surface area contributed by atoms with E-state index in [1.54, 1.807) is 0 Å². The number of hydrogen-bond acceptors (Lipinski definition) is 3. The third-order valence-corrected chi connectivity index (χ3v) is 23.8. The fourth-order valence-electron chi connectivity index (χ4n) is 17.9. The van der Waals surface area contributed by atoms with Gasteiger partial charge in [0.25, 0.3) is 0 Å². The fraction of sp³-hybridized carbons (Fsp3) is 0.0667. The molecule has 0 aliphatic heterocycles. The van der Waals surface area contributed by atoms with Gasteiger partial charge in [-0.1, -0.05) is 250 Å². The molecule has 0 radical (unpaired) electrons. The largest absolute Gasteiger partial charge is 0.316 e. The van der Waals surface area contributed by atoms with Crippen LogP contribution in [-0.2, 0) is 17.3 Å². The summed E-state index contributed by atoms with van der Waals surface area (Å²) in [6.45, 7) is 9.38. The van der Waals surface area contributed by atoms with Gasteiger partial charge in [-0.25, -0.2) is 0 Å². The molecule has 2 aliphatic rings. The van der Waals surface area contributed by atoms with E-state index in [1.807, 2.05) is 36.7 Å². The van der Waals surface area contributed by atoms with Gasteiger partial charge in [0.15, 0.2) is 0 Å². The summed E-state index contributed by atoms with van der Waals surface area (Å²) in [5.74, 6) is 0. The standard InChI is InChI=1S/C52H38N4.C27H23N.C26H17BrN2/c1-52(2)45-18-10-9-17-42(45)43-27-25-41(34-46(43)52)55(39-23-20-35(21-24-39)47-19-11-12-31-53-47)40-26-29-48-44(33-40)50-49(56(48)38-15-7-4-8-16-38)28-22-36-30-32-54(51(36)50)37-13-5-3-6-14-37;1-27(2)24-8-4-3-7-22(24)23-15-12-20(18-25(23)27)17-19-10-13-21(14-11-19)26-9-5-6-16-28-26;27-19-12-14-23-22(17-19)25-24(29(23)21-9-5-2-6-10-21)13-11-18-15-16-28(26(18)25)20-7-3-1-4-8-20/h3-34H,1-2H3;3-16,18H,17H2,1-2H3;1-17H. The van der Waals surface area contributed by atoms with Crippen LogP contribution in [0.2, 0.25) is 0 Å². The van der Waals surface area contributed by atoms with Crippen molar-refractivity contribution in [3.8, 4) is 67.5 Å². The van der Waals surface area contributed by atoms with Gasteiger partial charge in [0.1, 0.15) is 0 Å². The van der Waals surface area contributed by atoms with Gasteiger partial charge in [0.2, 0.25) is 0 Å². The molecule has 7 nitrogen and oxygen atoms in total. The fourth-order valence-corrected chi connectivity index (χ4v) is 18.3. The van der Waals surface area contributed by atoms with E-state index < -0.39 is 0 Å². The van der Waals surface area contributed by atoms with Gasteiger partial charge in [0, 0.05) is 123 Å². The van der Waals surface area contributed by atoms with E-state index in [4.69, 9.17) is 0 Å². The van der Waals surface area contributed by atoms with Gasteiger partial charge >= 0.3 is 0 Å². The minimum Gasteiger partial charge on any atom is -0.316 e. The topological polar surface area (TPSA) is 48.7 Å². The molecule has 540 valence electrons. The number of anilines is 3. The predicted molar refractivity (Wildman–Crippen MR) is 475 cm³/mol. The maximum atomic E-state index is 4.64. The van der Waals surface area contributed by atoms with Crippen molar-refractivity contribution in [2.75, 3.05) is 4.90 Å². The third kappa shape index (κ3) is 12.0. The van der Waals surface area contributed by atoms with E-state index in [-0.39, 0.29) is 10.8 Å². The molecule has 0 unspecified atom stereocenters. The van der Waals surface area contributed by atoms with Crippen molar-refractivity contribution in [2.45, 2.75) is 44.9 Å². The maximum absolute atomic E-state index is 4.64. The number of nitrogens with zero attached hydrogens (tertiary/aromatic N) is 7. The molecule has 0 spiro atoms. The Balaban J connectivity index is 0.000000122. The van der Waals surface area contributed by atoms with Crippen LogP contribution < -0.4 is 4.90 Å². The van der Waals surface area contributed by atoms with Crippen LogP contribution >= 0.6 is 15.9 Å². The van der Waals surface area contributed by atoms with E-state index in [0.717, 1.165) is 61.8 Å². The molecule has 113 heavy (non-hydrogen) atoms. The minimum atomic E-state index is -0.127. The van der Waals surface area contributed by atoms with Crippen LogP contribution in [0.5, 0.6) is 0 Å². The van der Waals surface area contributed by atoms with Crippen molar-refractivity contribution in [1.82, 2.24) is 28.2 Å². The Morgan fingerprint density at radius 1 is 0.310 bits per heavy atom. The van der Waals surface area contributed by atoms with Gasteiger partial charge in [-0.15, -0.1) is 0 Å². The molecule has 0 bridgehead atoms. The number of rotatable bonds is 11.